The van der Waals surface area contributed by atoms with Crippen LogP contribution in [0.5, 0.6) is 5.75 Å². The van der Waals surface area contributed by atoms with Gasteiger partial charge in [-0.15, -0.1) is 0 Å². The number of hydrogen-bond acceptors (Lipinski definition) is 2. The maximum atomic E-state index is 12.6. The Kier molecular flexibility index (Phi) is 3.23. The molecule has 2 nitrogen and oxygen atoms in total. The molecule has 1 saturated carbocycles. The summed E-state index contributed by atoms with van der Waals surface area (Å²) in [5.74, 6) is 0.145. The van der Waals surface area contributed by atoms with Crippen LogP contribution in [0, 0.1) is 0 Å². The highest BCUT2D eigenvalue weighted by Gasteiger charge is 2.40. The van der Waals surface area contributed by atoms with Gasteiger partial charge in [-0.3, -0.25) is 0 Å². The van der Waals surface area contributed by atoms with Crippen LogP contribution in [0.3, 0.4) is 0 Å². The molecule has 1 aromatic carbocycles. The van der Waals surface area contributed by atoms with Crippen LogP contribution in [-0.4, -0.2) is 12.6 Å². The van der Waals surface area contributed by atoms with Crippen molar-refractivity contribution < 1.29 is 17.9 Å². The molecule has 1 aliphatic carbocycles. The minimum Gasteiger partial charge on any atom is -0.496 e. The number of halogens is 4. The largest absolute Gasteiger partial charge is 0.496 e. The first-order valence-electron chi connectivity index (χ1n) is 5.48. The zero-order chi connectivity index (χ0) is 13.6. The van der Waals surface area contributed by atoms with Crippen molar-refractivity contribution in [3.63, 3.8) is 0 Å². The van der Waals surface area contributed by atoms with Crippen molar-refractivity contribution >= 4 is 11.6 Å². The Morgan fingerprint density at radius 2 is 2.00 bits per heavy atom. The summed E-state index contributed by atoms with van der Waals surface area (Å²) in [5, 5.41) is 0.0541. The first-order valence-corrected chi connectivity index (χ1v) is 5.85. The van der Waals surface area contributed by atoms with E-state index in [4.69, 9.17) is 22.1 Å². The van der Waals surface area contributed by atoms with E-state index in [9.17, 15) is 13.2 Å². The normalized spacial score (nSPS) is 17.7. The van der Waals surface area contributed by atoms with Crippen molar-refractivity contribution in [3.8, 4) is 5.75 Å². The van der Waals surface area contributed by atoms with E-state index in [0.717, 1.165) is 25.0 Å². The predicted octanol–water partition coefficient (Wildman–Crippen LogP) is 3.40. The average molecular weight is 280 g/mol. The van der Waals surface area contributed by atoms with Crippen molar-refractivity contribution in [3.05, 3.63) is 28.3 Å². The molecule has 1 fully saturated rings. The van der Waals surface area contributed by atoms with E-state index in [1.807, 2.05) is 0 Å². The van der Waals surface area contributed by atoms with Gasteiger partial charge in [-0.1, -0.05) is 11.6 Å². The first kappa shape index (κ1) is 13.5. The molecule has 0 saturated heterocycles. The average Bonchev–Trinajstić information content (AvgIpc) is 2.98. The van der Waals surface area contributed by atoms with Gasteiger partial charge in [-0.2, -0.15) is 13.2 Å². The maximum absolute atomic E-state index is 12.6. The fraction of sp³-hybridized carbons (Fsp3) is 0.500. The molecule has 6 heteroatoms. The van der Waals surface area contributed by atoms with Crippen LogP contribution in [-0.2, 0) is 12.6 Å². The quantitative estimate of drug-likeness (QED) is 0.920. The highest BCUT2D eigenvalue weighted by Crippen LogP contribution is 2.42. The van der Waals surface area contributed by atoms with Gasteiger partial charge in [0.05, 0.1) is 12.7 Å². The number of rotatable bonds is 3. The van der Waals surface area contributed by atoms with Gasteiger partial charge < -0.3 is 10.5 Å². The van der Waals surface area contributed by atoms with Gasteiger partial charge in [0.1, 0.15) is 5.75 Å². The number of benzene rings is 1. The lowest BCUT2D eigenvalue weighted by molar-refractivity contribution is -0.137. The molecule has 0 spiro atoms. The van der Waals surface area contributed by atoms with Crippen molar-refractivity contribution in [1.29, 1.82) is 0 Å². The summed E-state index contributed by atoms with van der Waals surface area (Å²) in [6.45, 7) is 0. The molecule has 0 amide bonds. The Bertz CT molecular complexity index is 469. The van der Waals surface area contributed by atoms with E-state index in [1.165, 1.54) is 7.11 Å². The molecule has 1 aromatic rings. The molecule has 0 aromatic heterocycles. The minimum atomic E-state index is -4.44. The van der Waals surface area contributed by atoms with Crippen LogP contribution in [0.4, 0.5) is 13.2 Å². The molecule has 100 valence electrons. The van der Waals surface area contributed by atoms with E-state index >= 15 is 0 Å². The molecule has 2 N–H and O–H groups in total. The lowest BCUT2D eigenvalue weighted by Crippen LogP contribution is -2.25. The van der Waals surface area contributed by atoms with Crippen LogP contribution < -0.4 is 10.5 Å². The summed E-state index contributed by atoms with van der Waals surface area (Å²) in [6, 6.07) is 1.89. The van der Waals surface area contributed by atoms with Gasteiger partial charge in [0.25, 0.3) is 0 Å². The highest BCUT2D eigenvalue weighted by molar-refractivity contribution is 6.31. The second-order valence-corrected chi connectivity index (χ2v) is 5.08. The number of methoxy groups -OCH3 is 1. The van der Waals surface area contributed by atoms with Crippen molar-refractivity contribution in [1.82, 2.24) is 0 Å². The number of alkyl halides is 3. The van der Waals surface area contributed by atoms with Crippen molar-refractivity contribution in [2.75, 3.05) is 7.11 Å². The monoisotopic (exact) mass is 279 g/mol. The lowest BCUT2D eigenvalue weighted by Gasteiger charge is -2.17. The smallest absolute Gasteiger partial charge is 0.416 e. The molecular formula is C12H13ClF3NO. The highest BCUT2D eigenvalue weighted by atomic mass is 35.5. The van der Waals surface area contributed by atoms with Crippen LogP contribution in [0.15, 0.2) is 12.1 Å². The van der Waals surface area contributed by atoms with Gasteiger partial charge in [-0.05, 0) is 31.4 Å². The maximum Gasteiger partial charge on any atom is 0.416 e. The predicted molar refractivity (Wildman–Crippen MR) is 62.9 cm³/mol. The third kappa shape index (κ3) is 2.72. The second-order valence-electron chi connectivity index (χ2n) is 4.68. The molecule has 18 heavy (non-hydrogen) atoms. The number of ether oxygens (including phenoxy) is 1. The molecule has 0 unspecified atom stereocenters. The van der Waals surface area contributed by atoms with E-state index in [-0.39, 0.29) is 16.3 Å². The van der Waals surface area contributed by atoms with Crippen LogP contribution in [0.25, 0.3) is 0 Å². The summed E-state index contributed by atoms with van der Waals surface area (Å²) < 4.78 is 42.9. The summed E-state index contributed by atoms with van der Waals surface area (Å²) in [7, 11) is 1.32. The number of hydrogen-bond donors (Lipinski definition) is 1. The fourth-order valence-electron chi connectivity index (χ4n) is 1.82. The number of nitrogens with two attached hydrogens (primary N) is 1. The van der Waals surface area contributed by atoms with E-state index in [0.29, 0.717) is 12.0 Å². The Balaban J connectivity index is 2.41. The molecular weight excluding hydrogens is 267 g/mol. The molecule has 2 rings (SSSR count). The van der Waals surface area contributed by atoms with Crippen molar-refractivity contribution in [2.45, 2.75) is 31.0 Å². The van der Waals surface area contributed by atoms with Gasteiger partial charge in [-0.25, -0.2) is 0 Å². The van der Waals surface area contributed by atoms with E-state index in [1.54, 1.807) is 0 Å². The molecule has 0 atom stereocenters. The van der Waals surface area contributed by atoms with Gasteiger partial charge in [0, 0.05) is 16.1 Å². The molecule has 0 bridgehead atoms. The molecule has 0 radical (unpaired) electrons. The SMILES string of the molecule is COc1cc(C(F)(F)F)cc(Cl)c1CC1(N)CC1. The summed E-state index contributed by atoms with van der Waals surface area (Å²) >= 11 is 5.92. The Labute approximate surface area is 108 Å². The minimum absolute atomic E-state index is 0.0541. The Morgan fingerprint density at radius 3 is 2.44 bits per heavy atom. The zero-order valence-electron chi connectivity index (χ0n) is 9.77. The van der Waals surface area contributed by atoms with Gasteiger partial charge in [0.15, 0.2) is 0 Å². The Hall–Kier alpha value is -0.940. The van der Waals surface area contributed by atoms with E-state index in [2.05, 4.69) is 0 Å². The summed E-state index contributed by atoms with van der Waals surface area (Å²) in [4.78, 5) is 0. The molecule has 0 aliphatic heterocycles. The van der Waals surface area contributed by atoms with Crippen LogP contribution in [0.1, 0.15) is 24.0 Å². The fourth-order valence-corrected chi connectivity index (χ4v) is 2.10. The topological polar surface area (TPSA) is 35.2 Å². The third-order valence-electron chi connectivity index (χ3n) is 3.12. The second kappa shape index (κ2) is 4.31. The standard InChI is InChI=1S/C12H13ClF3NO/c1-18-10-5-7(12(14,15)16)4-9(13)8(10)6-11(17)2-3-11/h4-5H,2-3,6,17H2,1H3. The first-order chi connectivity index (χ1) is 8.25. The molecule has 0 heterocycles. The molecule has 1 aliphatic rings. The summed E-state index contributed by atoms with van der Waals surface area (Å²) in [5.41, 5.74) is 5.36. The lowest BCUT2D eigenvalue weighted by atomic mass is 10.0. The Morgan fingerprint density at radius 1 is 1.39 bits per heavy atom. The summed E-state index contributed by atoms with van der Waals surface area (Å²) in [6.07, 6.45) is -2.29. The third-order valence-corrected chi connectivity index (χ3v) is 3.46. The van der Waals surface area contributed by atoms with Crippen molar-refractivity contribution in [2.24, 2.45) is 5.73 Å². The zero-order valence-corrected chi connectivity index (χ0v) is 10.5. The van der Waals surface area contributed by atoms with Gasteiger partial charge in [0.2, 0.25) is 0 Å². The van der Waals surface area contributed by atoms with Crippen LogP contribution >= 0.6 is 11.6 Å². The van der Waals surface area contributed by atoms with Crippen LogP contribution in [0.2, 0.25) is 5.02 Å². The van der Waals surface area contributed by atoms with Gasteiger partial charge >= 0.3 is 6.18 Å². The van der Waals surface area contributed by atoms with E-state index < -0.39 is 11.7 Å².